The van der Waals surface area contributed by atoms with Crippen molar-refractivity contribution in [1.82, 2.24) is 9.88 Å². The van der Waals surface area contributed by atoms with E-state index in [-0.39, 0.29) is 18.4 Å². The molecule has 0 bridgehead atoms. The lowest BCUT2D eigenvalue weighted by molar-refractivity contribution is -0.139. The maximum atomic E-state index is 13.3. The van der Waals surface area contributed by atoms with Gasteiger partial charge in [-0.3, -0.25) is 9.59 Å². The number of H-pyrrole nitrogens is 1. The van der Waals surface area contributed by atoms with Gasteiger partial charge in [-0.25, -0.2) is 0 Å². The number of carbonyl (C=O) groups is 2. The number of likely N-dealkylation sites (tertiary alicyclic amines) is 1. The van der Waals surface area contributed by atoms with Gasteiger partial charge in [-0.15, -0.1) is 0 Å². The quantitative estimate of drug-likeness (QED) is 0.700. The second-order valence-electron chi connectivity index (χ2n) is 8.32. The number of fused-ring (bicyclic) bond motifs is 2. The highest BCUT2D eigenvalue weighted by molar-refractivity contribution is 5.97. The van der Waals surface area contributed by atoms with Crippen LogP contribution in [0.5, 0.6) is 5.75 Å². The van der Waals surface area contributed by atoms with Crippen LogP contribution in [0.15, 0.2) is 54.7 Å². The molecule has 2 aromatic carbocycles. The van der Waals surface area contributed by atoms with Crippen molar-refractivity contribution in [3.8, 4) is 5.75 Å². The van der Waals surface area contributed by atoms with Gasteiger partial charge in [0.25, 0.3) is 5.91 Å². The van der Waals surface area contributed by atoms with Crippen LogP contribution in [0.25, 0.3) is 10.9 Å². The van der Waals surface area contributed by atoms with E-state index in [1.54, 1.807) is 4.90 Å². The van der Waals surface area contributed by atoms with Crippen molar-refractivity contribution in [3.63, 3.8) is 0 Å². The molecule has 1 aromatic heterocycles. The molecule has 160 valence electrons. The zero-order valence-corrected chi connectivity index (χ0v) is 17.5. The summed E-state index contributed by atoms with van der Waals surface area (Å²) in [5.41, 5.74) is 2.95. The number of amides is 2. The maximum absolute atomic E-state index is 13.3. The van der Waals surface area contributed by atoms with Gasteiger partial charge < -0.3 is 19.5 Å². The molecule has 0 spiro atoms. The minimum absolute atomic E-state index is 0.0105. The second-order valence-corrected chi connectivity index (χ2v) is 8.32. The first-order valence-electron chi connectivity index (χ1n) is 11.1. The topological polar surface area (TPSA) is 65.6 Å². The predicted molar refractivity (Wildman–Crippen MR) is 120 cm³/mol. The summed E-state index contributed by atoms with van der Waals surface area (Å²) in [6.07, 6.45) is 5.58. The van der Waals surface area contributed by atoms with Gasteiger partial charge in [-0.05, 0) is 49.4 Å². The van der Waals surface area contributed by atoms with E-state index in [2.05, 4.69) is 11.1 Å². The van der Waals surface area contributed by atoms with Crippen LogP contribution < -0.4 is 9.64 Å². The average molecular weight is 418 g/mol. The normalized spacial score (nSPS) is 18.5. The van der Waals surface area contributed by atoms with Crippen molar-refractivity contribution in [2.45, 2.75) is 38.2 Å². The fourth-order valence-corrected chi connectivity index (χ4v) is 4.63. The van der Waals surface area contributed by atoms with E-state index in [9.17, 15) is 9.59 Å². The summed E-state index contributed by atoms with van der Waals surface area (Å²) in [5, 5.41) is 1.15. The zero-order chi connectivity index (χ0) is 21.2. The summed E-state index contributed by atoms with van der Waals surface area (Å²) in [4.78, 5) is 33.2. The maximum Gasteiger partial charge on any atom is 0.265 e. The van der Waals surface area contributed by atoms with E-state index in [0.717, 1.165) is 54.5 Å². The van der Waals surface area contributed by atoms with E-state index in [0.29, 0.717) is 18.6 Å². The molecule has 1 atom stereocenters. The average Bonchev–Trinajstić information content (AvgIpc) is 3.25. The van der Waals surface area contributed by atoms with E-state index in [4.69, 9.17) is 4.74 Å². The zero-order valence-electron chi connectivity index (χ0n) is 17.5. The Hall–Kier alpha value is -3.28. The Morgan fingerprint density at radius 1 is 1.00 bits per heavy atom. The molecule has 1 saturated heterocycles. The SMILES string of the molecule is O=C([C@H]1CN(C(=O)CCc2c[nH]c3ccccc23)c2ccccc2O1)N1CCCCC1. The van der Waals surface area contributed by atoms with Crippen LogP contribution >= 0.6 is 0 Å². The van der Waals surface area contributed by atoms with Crippen molar-refractivity contribution in [1.29, 1.82) is 0 Å². The number of ether oxygens (including phenoxy) is 1. The van der Waals surface area contributed by atoms with Crippen molar-refractivity contribution in [3.05, 3.63) is 60.3 Å². The van der Waals surface area contributed by atoms with Crippen LogP contribution in [0.1, 0.15) is 31.2 Å². The molecule has 0 unspecified atom stereocenters. The van der Waals surface area contributed by atoms with Gasteiger partial charge in [-0.1, -0.05) is 30.3 Å². The van der Waals surface area contributed by atoms with Crippen molar-refractivity contribution in [2.75, 3.05) is 24.5 Å². The smallest absolute Gasteiger partial charge is 0.265 e. The molecule has 2 aliphatic heterocycles. The number of aryl methyl sites for hydroxylation is 1. The van der Waals surface area contributed by atoms with Gasteiger partial charge in [0.05, 0.1) is 12.2 Å². The van der Waals surface area contributed by atoms with Gasteiger partial charge in [-0.2, -0.15) is 0 Å². The Morgan fingerprint density at radius 3 is 2.65 bits per heavy atom. The Balaban J connectivity index is 1.33. The molecule has 6 nitrogen and oxygen atoms in total. The first kappa shape index (κ1) is 19.7. The van der Waals surface area contributed by atoms with E-state index in [1.165, 1.54) is 0 Å². The van der Waals surface area contributed by atoms with E-state index in [1.807, 2.05) is 53.6 Å². The summed E-state index contributed by atoms with van der Waals surface area (Å²) in [6.45, 7) is 1.81. The second kappa shape index (κ2) is 8.46. The standard InChI is InChI=1S/C25H27N3O3/c29-24(13-12-18-16-26-20-9-3-2-8-19(18)20)28-17-23(25(30)27-14-6-1-7-15-27)31-22-11-5-4-10-21(22)28/h2-5,8-11,16,23,26H,1,6-7,12-15,17H2/t23-/m1/s1. The number of aromatic amines is 1. The van der Waals surface area contributed by atoms with Gasteiger partial charge in [0.15, 0.2) is 6.10 Å². The molecule has 1 N–H and O–H groups in total. The molecule has 0 saturated carbocycles. The molecular weight excluding hydrogens is 390 g/mol. The number of hydrogen-bond acceptors (Lipinski definition) is 3. The number of aromatic nitrogens is 1. The van der Waals surface area contributed by atoms with Gasteiger partial charge >= 0.3 is 0 Å². The lowest BCUT2D eigenvalue weighted by Gasteiger charge is -2.37. The minimum atomic E-state index is -0.648. The fourth-order valence-electron chi connectivity index (χ4n) is 4.63. The van der Waals surface area contributed by atoms with Gasteiger partial charge in [0, 0.05) is 36.6 Å². The summed E-state index contributed by atoms with van der Waals surface area (Å²) in [7, 11) is 0. The third kappa shape index (κ3) is 3.90. The highest BCUT2D eigenvalue weighted by Crippen LogP contribution is 2.34. The number of piperidine rings is 1. The highest BCUT2D eigenvalue weighted by Gasteiger charge is 2.36. The number of carbonyl (C=O) groups excluding carboxylic acids is 2. The van der Waals surface area contributed by atoms with E-state index < -0.39 is 6.10 Å². The van der Waals surface area contributed by atoms with Gasteiger partial charge in [0.1, 0.15) is 5.75 Å². The molecule has 3 aromatic rings. The Labute approximate surface area is 181 Å². The molecule has 2 aliphatic rings. The molecule has 0 radical (unpaired) electrons. The number of nitrogens with one attached hydrogen (secondary N) is 1. The van der Waals surface area contributed by atoms with Crippen molar-refractivity contribution < 1.29 is 14.3 Å². The van der Waals surface area contributed by atoms with Crippen LogP contribution in [0, 0.1) is 0 Å². The molecule has 1 fully saturated rings. The van der Waals surface area contributed by atoms with Crippen molar-refractivity contribution in [2.24, 2.45) is 0 Å². The molecular formula is C25H27N3O3. The third-order valence-electron chi connectivity index (χ3n) is 6.30. The van der Waals surface area contributed by atoms with Crippen molar-refractivity contribution >= 4 is 28.4 Å². The van der Waals surface area contributed by atoms with E-state index >= 15 is 0 Å². The number of rotatable bonds is 4. The molecule has 5 rings (SSSR count). The lowest BCUT2D eigenvalue weighted by atomic mass is 10.1. The Morgan fingerprint density at radius 2 is 1.77 bits per heavy atom. The number of benzene rings is 2. The lowest BCUT2D eigenvalue weighted by Crippen LogP contribution is -2.52. The summed E-state index contributed by atoms with van der Waals surface area (Å²) < 4.78 is 6.05. The van der Waals surface area contributed by atoms with Gasteiger partial charge in [0.2, 0.25) is 5.91 Å². The predicted octanol–water partition coefficient (Wildman–Crippen LogP) is 3.91. The molecule has 6 heteroatoms. The van der Waals surface area contributed by atoms with Crippen LogP contribution in [-0.2, 0) is 16.0 Å². The van der Waals surface area contributed by atoms with Crippen LogP contribution in [-0.4, -0.2) is 47.4 Å². The number of anilines is 1. The third-order valence-corrected chi connectivity index (χ3v) is 6.30. The number of nitrogens with zero attached hydrogens (tertiary/aromatic N) is 2. The van der Waals surface area contributed by atoms with Crippen LogP contribution in [0.3, 0.4) is 0 Å². The van der Waals surface area contributed by atoms with Crippen LogP contribution in [0.2, 0.25) is 0 Å². The summed E-state index contributed by atoms with van der Waals surface area (Å²) in [6, 6.07) is 15.6. The number of para-hydroxylation sites is 3. The summed E-state index contributed by atoms with van der Waals surface area (Å²) >= 11 is 0. The fraction of sp³-hybridized carbons (Fsp3) is 0.360. The molecule has 2 amide bonds. The molecule has 31 heavy (non-hydrogen) atoms. The Bertz CT molecular complexity index is 1100. The first-order chi connectivity index (χ1) is 15.2. The highest BCUT2D eigenvalue weighted by atomic mass is 16.5. The molecule has 3 heterocycles. The first-order valence-corrected chi connectivity index (χ1v) is 11.1. The largest absolute Gasteiger partial charge is 0.476 e. The van der Waals surface area contributed by atoms with Crippen LogP contribution in [0.4, 0.5) is 5.69 Å². The Kier molecular flexibility index (Phi) is 5.37. The summed E-state index contributed by atoms with van der Waals surface area (Å²) in [5.74, 6) is 0.602. The minimum Gasteiger partial charge on any atom is -0.476 e. The number of hydrogen-bond donors (Lipinski definition) is 1. The molecule has 0 aliphatic carbocycles. The monoisotopic (exact) mass is 417 g/mol.